The molecule has 130 valence electrons. The number of piperidine rings is 1. The SMILES string of the molecule is O=S(=O)(c1cccc(N2C[C@H]3COC[C@H]3C2)n1)N1CCCC2CC21. The Balaban J connectivity index is 1.41. The topological polar surface area (TPSA) is 62.7 Å². The second-order valence-corrected chi connectivity index (χ2v) is 9.46. The molecule has 4 fully saturated rings. The fourth-order valence-corrected chi connectivity index (χ4v) is 6.27. The summed E-state index contributed by atoms with van der Waals surface area (Å²) in [5.41, 5.74) is 0. The molecule has 24 heavy (non-hydrogen) atoms. The molecule has 4 atom stereocenters. The van der Waals surface area contributed by atoms with Crippen LogP contribution in [0.4, 0.5) is 5.82 Å². The van der Waals surface area contributed by atoms with E-state index in [2.05, 4.69) is 9.88 Å². The molecule has 4 heterocycles. The fraction of sp³-hybridized carbons (Fsp3) is 0.706. The van der Waals surface area contributed by atoms with Crippen molar-refractivity contribution >= 4 is 15.8 Å². The molecule has 2 unspecified atom stereocenters. The number of ether oxygens (including phenoxy) is 1. The number of pyridine rings is 1. The van der Waals surface area contributed by atoms with E-state index in [0.717, 1.165) is 45.0 Å². The van der Waals surface area contributed by atoms with Crippen molar-refractivity contribution in [2.75, 3.05) is 37.7 Å². The summed E-state index contributed by atoms with van der Waals surface area (Å²) in [4.78, 5) is 6.75. The third kappa shape index (κ3) is 2.36. The minimum Gasteiger partial charge on any atom is -0.381 e. The van der Waals surface area contributed by atoms with Crippen LogP contribution in [0, 0.1) is 17.8 Å². The van der Waals surface area contributed by atoms with Crippen molar-refractivity contribution in [2.24, 2.45) is 17.8 Å². The Labute approximate surface area is 142 Å². The van der Waals surface area contributed by atoms with Gasteiger partial charge in [-0.3, -0.25) is 0 Å². The van der Waals surface area contributed by atoms with Crippen LogP contribution in [0.15, 0.2) is 23.2 Å². The number of nitrogens with zero attached hydrogens (tertiary/aromatic N) is 3. The Kier molecular flexibility index (Phi) is 3.40. The average Bonchev–Trinajstić information content (AvgIpc) is 3.07. The number of fused-ring (bicyclic) bond motifs is 2. The van der Waals surface area contributed by atoms with Crippen molar-refractivity contribution in [2.45, 2.75) is 30.3 Å². The molecule has 0 radical (unpaired) electrons. The van der Waals surface area contributed by atoms with Gasteiger partial charge in [0, 0.05) is 37.5 Å². The second-order valence-electron chi connectivity index (χ2n) is 7.62. The van der Waals surface area contributed by atoms with Crippen molar-refractivity contribution in [3.05, 3.63) is 18.2 Å². The van der Waals surface area contributed by atoms with Gasteiger partial charge >= 0.3 is 0 Å². The summed E-state index contributed by atoms with van der Waals surface area (Å²) in [5.74, 6) is 2.48. The summed E-state index contributed by atoms with van der Waals surface area (Å²) >= 11 is 0. The Morgan fingerprint density at radius 3 is 2.71 bits per heavy atom. The van der Waals surface area contributed by atoms with E-state index in [1.54, 1.807) is 10.4 Å². The Morgan fingerprint density at radius 2 is 1.92 bits per heavy atom. The molecule has 0 spiro atoms. The number of aromatic nitrogens is 1. The summed E-state index contributed by atoms with van der Waals surface area (Å²) in [6.07, 6.45) is 3.16. The molecule has 7 heteroatoms. The number of rotatable bonds is 3. The molecule has 3 saturated heterocycles. The summed E-state index contributed by atoms with van der Waals surface area (Å²) < 4.78 is 33.2. The van der Waals surface area contributed by atoms with Crippen molar-refractivity contribution in [1.82, 2.24) is 9.29 Å². The standard InChI is InChI=1S/C17H23N3O3S/c21-24(22,20-6-2-3-12-7-15(12)20)17-5-1-4-16(18-17)19-8-13-10-23-11-14(13)9-19/h1,4-5,12-15H,2-3,6-11H2/t12?,13-,14+,15?. The second kappa shape index (κ2) is 5.41. The summed E-state index contributed by atoms with van der Waals surface area (Å²) in [5, 5.41) is 0.209. The predicted molar refractivity (Wildman–Crippen MR) is 89.3 cm³/mol. The molecular formula is C17H23N3O3S. The van der Waals surface area contributed by atoms with Crippen molar-refractivity contribution < 1.29 is 13.2 Å². The molecule has 0 amide bonds. The van der Waals surface area contributed by atoms with Gasteiger partial charge in [-0.2, -0.15) is 4.31 Å². The molecule has 1 aromatic heterocycles. The van der Waals surface area contributed by atoms with Gasteiger partial charge in [-0.15, -0.1) is 0 Å². The Morgan fingerprint density at radius 1 is 1.12 bits per heavy atom. The molecule has 3 aliphatic heterocycles. The van der Waals surface area contributed by atoms with Crippen LogP contribution in [-0.2, 0) is 14.8 Å². The van der Waals surface area contributed by atoms with Crippen LogP contribution in [0.1, 0.15) is 19.3 Å². The van der Waals surface area contributed by atoms with Crippen molar-refractivity contribution in [1.29, 1.82) is 0 Å². The van der Waals surface area contributed by atoms with Gasteiger partial charge in [-0.05, 0) is 37.3 Å². The lowest BCUT2D eigenvalue weighted by molar-refractivity contribution is 0.177. The average molecular weight is 349 g/mol. The molecule has 0 N–H and O–H groups in total. The first-order chi connectivity index (χ1) is 11.6. The predicted octanol–water partition coefficient (Wildman–Crippen LogP) is 1.34. The van der Waals surface area contributed by atoms with Gasteiger partial charge in [0.15, 0.2) is 5.03 Å². The monoisotopic (exact) mass is 349 g/mol. The first kappa shape index (κ1) is 15.1. The zero-order valence-corrected chi connectivity index (χ0v) is 14.5. The Hall–Kier alpha value is -1.18. The molecule has 1 aliphatic carbocycles. The van der Waals surface area contributed by atoms with E-state index in [-0.39, 0.29) is 11.1 Å². The first-order valence-electron chi connectivity index (χ1n) is 8.94. The highest BCUT2D eigenvalue weighted by molar-refractivity contribution is 7.89. The normalized spacial score (nSPS) is 35.8. The van der Waals surface area contributed by atoms with Gasteiger partial charge in [-0.25, -0.2) is 13.4 Å². The zero-order chi connectivity index (χ0) is 16.3. The Bertz CT molecular complexity index is 741. The molecule has 4 aliphatic rings. The van der Waals surface area contributed by atoms with E-state index >= 15 is 0 Å². The number of hydrogen-bond donors (Lipinski definition) is 0. The van der Waals surface area contributed by atoms with Gasteiger partial charge < -0.3 is 9.64 Å². The number of anilines is 1. The van der Waals surface area contributed by atoms with Crippen LogP contribution < -0.4 is 4.90 Å². The van der Waals surface area contributed by atoms with E-state index in [9.17, 15) is 8.42 Å². The zero-order valence-electron chi connectivity index (χ0n) is 13.7. The third-order valence-electron chi connectivity index (χ3n) is 6.05. The van der Waals surface area contributed by atoms with Crippen LogP contribution >= 0.6 is 0 Å². The van der Waals surface area contributed by atoms with Gasteiger partial charge in [0.05, 0.1) is 13.2 Å². The minimum atomic E-state index is -3.47. The van der Waals surface area contributed by atoms with E-state index in [4.69, 9.17) is 4.74 Å². The van der Waals surface area contributed by atoms with Gasteiger partial charge in [0.1, 0.15) is 5.82 Å². The lowest BCUT2D eigenvalue weighted by Crippen LogP contribution is -2.38. The maximum atomic E-state index is 13.0. The highest BCUT2D eigenvalue weighted by Gasteiger charge is 2.49. The first-order valence-corrected chi connectivity index (χ1v) is 10.4. The smallest absolute Gasteiger partial charge is 0.260 e. The van der Waals surface area contributed by atoms with Gasteiger partial charge in [-0.1, -0.05) is 6.07 Å². The molecule has 0 aromatic carbocycles. The molecule has 1 saturated carbocycles. The molecule has 1 aromatic rings. The number of hydrogen-bond acceptors (Lipinski definition) is 5. The van der Waals surface area contributed by atoms with E-state index in [1.807, 2.05) is 12.1 Å². The quantitative estimate of drug-likeness (QED) is 0.824. The third-order valence-corrected chi connectivity index (χ3v) is 7.88. The van der Waals surface area contributed by atoms with Crippen LogP contribution in [0.5, 0.6) is 0 Å². The van der Waals surface area contributed by atoms with Gasteiger partial charge in [0.2, 0.25) is 0 Å². The van der Waals surface area contributed by atoms with Gasteiger partial charge in [0.25, 0.3) is 10.0 Å². The maximum absolute atomic E-state index is 13.0. The lowest BCUT2D eigenvalue weighted by Gasteiger charge is -2.26. The lowest BCUT2D eigenvalue weighted by atomic mass is 10.0. The molecular weight excluding hydrogens is 326 g/mol. The summed E-state index contributed by atoms with van der Waals surface area (Å²) in [6, 6.07) is 5.62. The van der Waals surface area contributed by atoms with Crippen LogP contribution in [0.3, 0.4) is 0 Å². The van der Waals surface area contributed by atoms with Crippen LogP contribution in [0.2, 0.25) is 0 Å². The summed E-state index contributed by atoms with van der Waals surface area (Å²) in [6.45, 7) is 4.10. The highest BCUT2D eigenvalue weighted by Crippen LogP contribution is 2.45. The highest BCUT2D eigenvalue weighted by atomic mass is 32.2. The van der Waals surface area contributed by atoms with Crippen molar-refractivity contribution in [3.63, 3.8) is 0 Å². The molecule has 5 rings (SSSR count). The van der Waals surface area contributed by atoms with E-state index in [0.29, 0.717) is 24.3 Å². The van der Waals surface area contributed by atoms with Crippen LogP contribution in [0.25, 0.3) is 0 Å². The van der Waals surface area contributed by atoms with Crippen LogP contribution in [-0.4, -0.2) is 56.6 Å². The fourth-order valence-electron chi connectivity index (χ4n) is 4.59. The van der Waals surface area contributed by atoms with E-state index in [1.165, 1.54) is 6.42 Å². The maximum Gasteiger partial charge on any atom is 0.260 e. The largest absolute Gasteiger partial charge is 0.381 e. The molecule has 6 nitrogen and oxygen atoms in total. The van der Waals surface area contributed by atoms with Crippen molar-refractivity contribution in [3.8, 4) is 0 Å². The summed E-state index contributed by atoms with van der Waals surface area (Å²) in [7, 11) is -3.47. The molecule has 0 bridgehead atoms. The minimum absolute atomic E-state index is 0.209. The van der Waals surface area contributed by atoms with E-state index < -0.39 is 10.0 Å². The number of sulfonamides is 1.